The molecule has 0 saturated heterocycles. The molecule has 0 aliphatic carbocycles. The van der Waals surface area contributed by atoms with Gasteiger partial charge in [-0.3, -0.25) is 0 Å². The summed E-state index contributed by atoms with van der Waals surface area (Å²) in [5, 5.41) is 11.6. The molecule has 110 valence electrons. The summed E-state index contributed by atoms with van der Waals surface area (Å²) in [6, 6.07) is 7.98. The molecule has 2 rings (SSSR count). The van der Waals surface area contributed by atoms with Gasteiger partial charge in [0.15, 0.2) is 0 Å². The number of carboxylic acid groups (broad SMARTS) is 1. The molecule has 6 heteroatoms. The van der Waals surface area contributed by atoms with Gasteiger partial charge in [-0.2, -0.15) is 0 Å². The Kier molecular flexibility index (Phi) is 4.37. The lowest BCUT2D eigenvalue weighted by Crippen LogP contribution is -2.05. The number of benzene rings is 2. The second kappa shape index (κ2) is 6.21. The normalized spacial score (nSPS) is 10.2. The van der Waals surface area contributed by atoms with Crippen molar-refractivity contribution in [2.75, 3.05) is 12.4 Å². The first kappa shape index (κ1) is 14.8. The van der Waals surface area contributed by atoms with Crippen molar-refractivity contribution in [2.45, 2.75) is 6.54 Å². The van der Waals surface area contributed by atoms with Crippen LogP contribution in [-0.4, -0.2) is 18.2 Å². The Morgan fingerprint density at radius 1 is 1.19 bits per heavy atom. The molecule has 0 radical (unpaired) electrons. The van der Waals surface area contributed by atoms with E-state index in [2.05, 4.69) is 5.32 Å². The molecule has 2 N–H and O–H groups in total. The highest BCUT2D eigenvalue weighted by molar-refractivity contribution is 5.87. The summed E-state index contributed by atoms with van der Waals surface area (Å²) in [5.74, 6) is -2.12. The third-order valence-electron chi connectivity index (χ3n) is 2.92. The largest absolute Gasteiger partial charge is 0.497 e. The van der Waals surface area contributed by atoms with Gasteiger partial charge in [0.1, 0.15) is 17.4 Å². The van der Waals surface area contributed by atoms with Crippen LogP contribution in [0.1, 0.15) is 15.9 Å². The van der Waals surface area contributed by atoms with Crippen LogP contribution in [0, 0.1) is 11.6 Å². The smallest absolute Gasteiger partial charge is 0.338 e. The summed E-state index contributed by atoms with van der Waals surface area (Å²) in [7, 11) is 1.47. The maximum Gasteiger partial charge on any atom is 0.338 e. The van der Waals surface area contributed by atoms with Gasteiger partial charge in [0.2, 0.25) is 0 Å². The van der Waals surface area contributed by atoms with Gasteiger partial charge < -0.3 is 15.2 Å². The number of rotatable bonds is 5. The minimum absolute atomic E-state index is 0.154. The van der Waals surface area contributed by atoms with Crippen molar-refractivity contribution in [1.29, 1.82) is 0 Å². The quantitative estimate of drug-likeness (QED) is 0.888. The van der Waals surface area contributed by atoms with Crippen molar-refractivity contribution >= 4 is 11.7 Å². The molecule has 0 saturated carbocycles. The lowest BCUT2D eigenvalue weighted by atomic mass is 10.1. The lowest BCUT2D eigenvalue weighted by Gasteiger charge is -2.10. The number of halogens is 2. The van der Waals surface area contributed by atoms with Crippen molar-refractivity contribution in [1.82, 2.24) is 0 Å². The van der Waals surface area contributed by atoms with Gasteiger partial charge in [-0.25, -0.2) is 13.6 Å². The van der Waals surface area contributed by atoms with E-state index in [0.29, 0.717) is 11.3 Å². The van der Waals surface area contributed by atoms with E-state index in [9.17, 15) is 13.6 Å². The number of carbonyl (C=O) groups is 1. The summed E-state index contributed by atoms with van der Waals surface area (Å²) >= 11 is 0. The summed E-state index contributed by atoms with van der Waals surface area (Å²) < 4.78 is 32.1. The fourth-order valence-electron chi connectivity index (χ4n) is 1.81. The standard InChI is InChI=1S/C15H13F2NO3/c1-21-10-3-5-12(16)14(7-10)18-8-9-2-4-11(15(19)20)13(17)6-9/h2-7,18H,8H2,1H3,(H,19,20). The van der Waals surface area contributed by atoms with Crippen LogP contribution < -0.4 is 10.1 Å². The van der Waals surface area contributed by atoms with Gasteiger partial charge in [0, 0.05) is 12.6 Å². The topological polar surface area (TPSA) is 58.6 Å². The average molecular weight is 293 g/mol. The number of nitrogens with one attached hydrogen (secondary N) is 1. The van der Waals surface area contributed by atoms with Crippen LogP contribution in [0.15, 0.2) is 36.4 Å². The number of hydrogen-bond acceptors (Lipinski definition) is 3. The molecule has 21 heavy (non-hydrogen) atoms. The van der Waals surface area contributed by atoms with Crippen LogP contribution in [-0.2, 0) is 6.54 Å². The van der Waals surface area contributed by atoms with E-state index in [1.807, 2.05) is 0 Å². The molecular weight excluding hydrogens is 280 g/mol. The zero-order valence-corrected chi connectivity index (χ0v) is 11.2. The van der Waals surface area contributed by atoms with E-state index in [1.54, 1.807) is 0 Å². The first-order chi connectivity index (χ1) is 10.0. The van der Waals surface area contributed by atoms with Crippen molar-refractivity contribution < 1.29 is 23.4 Å². The molecule has 0 spiro atoms. The van der Waals surface area contributed by atoms with E-state index in [-0.39, 0.29) is 12.2 Å². The van der Waals surface area contributed by atoms with Crippen molar-refractivity contribution in [3.8, 4) is 5.75 Å². The van der Waals surface area contributed by atoms with Crippen LogP contribution in [0.3, 0.4) is 0 Å². The number of carboxylic acids is 1. The van der Waals surface area contributed by atoms with E-state index in [1.165, 1.54) is 37.4 Å². The maximum absolute atomic E-state index is 13.6. The predicted octanol–water partition coefficient (Wildman–Crippen LogP) is 3.28. The maximum atomic E-state index is 13.6. The van der Waals surface area contributed by atoms with Crippen LogP contribution >= 0.6 is 0 Å². The van der Waals surface area contributed by atoms with Gasteiger partial charge in [-0.1, -0.05) is 6.07 Å². The summed E-state index contributed by atoms with van der Waals surface area (Å²) in [6.07, 6.45) is 0. The van der Waals surface area contributed by atoms with Crippen LogP contribution in [0.5, 0.6) is 5.75 Å². The average Bonchev–Trinajstić information content (AvgIpc) is 2.46. The van der Waals surface area contributed by atoms with Gasteiger partial charge >= 0.3 is 5.97 Å². The monoisotopic (exact) mass is 293 g/mol. The molecule has 4 nitrogen and oxygen atoms in total. The fraction of sp³-hybridized carbons (Fsp3) is 0.133. The van der Waals surface area contributed by atoms with Crippen LogP contribution in [0.2, 0.25) is 0 Å². The van der Waals surface area contributed by atoms with Gasteiger partial charge in [0.25, 0.3) is 0 Å². The Hall–Kier alpha value is -2.63. The van der Waals surface area contributed by atoms with E-state index in [0.717, 1.165) is 6.07 Å². The first-order valence-corrected chi connectivity index (χ1v) is 6.10. The zero-order valence-electron chi connectivity index (χ0n) is 11.2. The first-order valence-electron chi connectivity index (χ1n) is 6.10. The molecule has 0 amide bonds. The minimum Gasteiger partial charge on any atom is -0.497 e. The molecular formula is C15H13F2NO3. The van der Waals surface area contributed by atoms with Gasteiger partial charge in [-0.15, -0.1) is 0 Å². The molecule has 0 aliphatic heterocycles. The number of ether oxygens (including phenoxy) is 1. The molecule has 0 atom stereocenters. The van der Waals surface area contributed by atoms with Gasteiger partial charge in [-0.05, 0) is 29.8 Å². The molecule has 0 aromatic heterocycles. The minimum atomic E-state index is -1.33. The summed E-state index contributed by atoms with van der Waals surface area (Å²) in [6.45, 7) is 0.154. The number of anilines is 1. The second-order valence-corrected chi connectivity index (χ2v) is 4.32. The fourth-order valence-corrected chi connectivity index (χ4v) is 1.81. The number of aromatic carboxylic acids is 1. The number of methoxy groups -OCH3 is 1. The van der Waals surface area contributed by atoms with E-state index >= 15 is 0 Å². The molecule has 2 aromatic rings. The predicted molar refractivity (Wildman–Crippen MR) is 73.6 cm³/mol. The number of hydrogen-bond donors (Lipinski definition) is 2. The molecule has 0 unspecified atom stereocenters. The molecule has 0 fully saturated rings. The highest BCUT2D eigenvalue weighted by Crippen LogP contribution is 2.22. The van der Waals surface area contributed by atoms with Gasteiger partial charge in [0.05, 0.1) is 18.4 Å². The van der Waals surface area contributed by atoms with E-state index in [4.69, 9.17) is 9.84 Å². The van der Waals surface area contributed by atoms with Crippen molar-refractivity contribution in [3.63, 3.8) is 0 Å². The Morgan fingerprint density at radius 3 is 2.57 bits per heavy atom. The van der Waals surface area contributed by atoms with Crippen molar-refractivity contribution in [2.24, 2.45) is 0 Å². The Balaban J connectivity index is 2.13. The molecule has 0 aliphatic rings. The Morgan fingerprint density at radius 2 is 1.95 bits per heavy atom. The van der Waals surface area contributed by atoms with Crippen LogP contribution in [0.25, 0.3) is 0 Å². The molecule has 2 aromatic carbocycles. The summed E-state index contributed by atoms with van der Waals surface area (Å²) in [5.41, 5.74) is 0.322. The third-order valence-corrected chi connectivity index (χ3v) is 2.92. The second-order valence-electron chi connectivity index (χ2n) is 4.32. The third kappa shape index (κ3) is 3.47. The Labute approximate surface area is 120 Å². The van der Waals surface area contributed by atoms with Crippen molar-refractivity contribution in [3.05, 3.63) is 59.2 Å². The highest BCUT2D eigenvalue weighted by atomic mass is 19.1. The van der Waals surface area contributed by atoms with E-state index < -0.39 is 23.2 Å². The SMILES string of the molecule is COc1ccc(F)c(NCc2ccc(C(=O)O)c(F)c2)c1. The summed E-state index contributed by atoms with van der Waals surface area (Å²) in [4.78, 5) is 10.7. The highest BCUT2D eigenvalue weighted by Gasteiger charge is 2.10. The van der Waals surface area contributed by atoms with Crippen LogP contribution in [0.4, 0.5) is 14.5 Å². The molecule has 0 heterocycles. The Bertz CT molecular complexity index is 674. The molecule has 0 bridgehead atoms. The lowest BCUT2D eigenvalue weighted by molar-refractivity contribution is 0.0692. The zero-order chi connectivity index (χ0) is 15.4.